The predicted octanol–water partition coefficient (Wildman–Crippen LogP) is 2.57. The van der Waals surface area contributed by atoms with Crippen molar-refractivity contribution in [1.29, 1.82) is 0 Å². The average molecular weight is 207 g/mol. The van der Waals surface area contributed by atoms with Gasteiger partial charge in [-0.05, 0) is 38.5 Å². The molecule has 81 valence electrons. The highest BCUT2D eigenvalue weighted by atomic mass is 16.6. The Morgan fingerprint density at radius 1 is 1.20 bits per heavy atom. The molecule has 0 aromatic heterocycles. The van der Waals surface area contributed by atoms with Gasteiger partial charge in [0.2, 0.25) is 0 Å². The highest BCUT2D eigenvalue weighted by Gasteiger charge is 2.17. The van der Waals surface area contributed by atoms with Crippen molar-refractivity contribution in [3.63, 3.8) is 0 Å². The first-order valence-corrected chi connectivity index (χ1v) is 4.83. The molecule has 3 nitrogen and oxygen atoms in total. The zero-order chi connectivity index (χ0) is 11.5. The third kappa shape index (κ3) is 3.72. The minimum Gasteiger partial charge on any atom is -0.456 e. The Balaban J connectivity index is 2.75. The van der Waals surface area contributed by atoms with E-state index in [1.54, 1.807) is 24.3 Å². The van der Waals surface area contributed by atoms with Gasteiger partial charge in [-0.2, -0.15) is 0 Å². The Kier molecular flexibility index (Phi) is 3.48. The van der Waals surface area contributed by atoms with Gasteiger partial charge in [0.15, 0.2) is 0 Å². The monoisotopic (exact) mass is 207 g/mol. The molecule has 0 fully saturated rings. The Morgan fingerprint density at radius 2 is 1.73 bits per heavy atom. The van der Waals surface area contributed by atoms with Gasteiger partial charge in [0.05, 0.1) is 5.56 Å². The maximum atomic E-state index is 11.6. The number of benzene rings is 1. The molecule has 1 rings (SSSR count). The number of esters is 1. The van der Waals surface area contributed by atoms with Gasteiger partial charge in [0, 0.05) is 0 Å². The highest BCUT2D eigenvalue weighted by Crippen LogP contribution is 2.12. The summed E-state index contributed by atoms with van der Waals surface area (Å²) in [5.74, 6) is -0.361. The summed E-state index contributed by atoms with van der Waals surface area (Å²) in [5, 5.41) is 10.5. The molecule has 0 N–H and O–H groups in total. The summed E-state index contributed by atoms with van der Waals surface area (Å²) in [6.07, 6.45) is 0. The molecule has 0 bridgehead atoms. The third-order valence-corrected chi connectivity index (χ3v) is 1.76. The second-order valence-electron chi connectivity index (χ2n) is 4.34. The Bertz CT molecular complexity index is 333. The van der Waals surface area contributed by atoms with Gasteiger partial charge in [-0.1, -0.05) is 12.1 Å². The van der Waals surface area contributed by atoms with Crippen LogP contribution in [-0.2, 0) is 16.5 Å². The molecule has 1 aromatic carbocycles. The van der Waals surface area contributed by atoms with Crippen molar-refractivity contribution in [2.75, 3.05) is 0 Å². The van der Waals surface area contributed by atoms with Crippen LogP contribution in [0.2, 0.25) is 0 Å². The first-order chi connectivity index (χ1) is 6.92. The second kappa shape index (κ2) is 4.45. The summed E-state index contributed by atoms with van der Waals surface area (Å²) in [5.41, 5.74) is 0.651. The van der Waals surface area contributed by atoms with E-state index in [1.165, 1.54) is 0 Å². The van der Waals surface area contributed by atoms with Crippen LogP contribution in [0.1, 0.15) is 36.7 Å². The van der Waals surface area contributed by atoms with Crippen LogP contribution < -0.4 is 0 Å². The average Bonchev–Trinajstić information content (AvgIpc) is 2.15. The van der Waals surface area contributed by atoms with Crippen molar-refractivity contribution < 1.29 is 14.6 Å². The molecule has 0 aliphatic rings. The standard InChI is InChI=1S/C12H15O3/c1-12(2,3)15-11(14)10-6-4-9(8-13)5-7-10/h4-7H,8H2,1-3H3. The van der Waals surface area contributed by atoms with Crippen LogP contribution in [0.4, 0.5) is 0 Å². The molecule has 0 spiro atoms. The van der Waals surface area contributed by atoms with Gasteiger partial charge in [-0.3, -0.25) is 0 Å². The van der Waals surface area contributed by atoms with Crippen molar-refractivity contribution in [3.8, 4) is 0 Å². The molecule has 0 saturated carbocycles. The van der Waals surface area contributed by atoms with Crippen molar-refractivity contribution in [2.45, 2.75) is 33.0 Å². The van der Waals surface area contributed by atoms with Crippen LogP contribution in [0.3, 0.4) is 0 Å². The van der Waals surface area contributed by atoms with Crippen molar-refractivity contribution in [3.05, 3.63) is 35.4 Å². The van der Waals surface area contributed by atoms with Crippen LogP contribution >= 0.6 is 0 Å². The van der Waals surface area contributed by atoms with Gasteiger partial charge in [-0.15, -0.1) is 0 Å². The zero-order valence-corrected chi connectivity index (χ0v) is 9.24. The van der Waals surface area contributed by atoms with E-state index in [2.05, 4.69) is 0 Å². The van der Waals surface area contributed by atoms with Gasteiger partial charge in [-0.25, -0.2) is 9.90 Å². The van der Waals surface area contributed by atoms with E-state index in [0.29, 0.717) is 11.1 Å². The van der Waals surface area contributed by atoms with E-state index in [-0.39, 0.29) is 12.6 Å². The van der Waals surface area contributed by atoms with E-state index in [1.807, 2.05) is 20.8 Å². The van der Waals surface area contributed by atoms with E-state index >= 15 is 0 Å². The molecule has 3 heteroatoms. The lowest BCUT2D eigenvalue weighted by molar-refractivity contribution is 0.00694. The van der Waals surface area contributed by atoms with Crippen LogP contribution in [0.5, 0.6) is 0 Å². The summed E-state index contributed by atoms with van der Waals surface area (Å²) in [6, 6.07) is 6.52. The Labute approximate surface area is 89.7 Å². The molecule has 1 radical (unpaired) electrons. The number of rotatable bonds is 2. The van der Waals surface area contributed by atoms with E-state index in [9.17, 15) is 9.90 Å². The fourth-order valence-electron chi connectivity index (χ4n) is 1.07. The van der Waals surface area contributed by atoms with E-state index in [4.69, 9.17) is 4.74 Å². The van der Waals surface area contributed by atoms with Crippen LogP contribution in [0.15, 0.2) is 24.3 Å². The van der Waals surface area contributed by atoms with Gasteiger partial charge in [0.25, 0.3) is 0 Å². The smallest absolute Gasteiger partial charge is 0.338 e. The first kappa shape index (κ1) is 11.7. The third-order valence-electron chi connectivity index (χ3n) is 1.76. The fourth-order valence-corrected chi connectivity index (χ4v) is 1.07. The second-order valence-corrected chi connectivity index (χ2v) is 4.34. The quantitative estimate of drug-likeness (QED) is 0.700. The molecule has 0 aliphatic carbocycles. The molecule has 15 heavy (non-hydrogen) atoms. The minimum atomic E-state index is -0.492. The van der Waals surface area contributed by atoms with E-state index in [0.717, 1.165) is 0 Å². The Morgan fingerprint density at radius 3 is 2.13 bits per heavy atom. The van der Waals surface area contributed by atoms with Crippen LogP contribution in [0.25, 0.3) is 0 Å². The number of hydrogen-bond acceptors (Lipinski definition) is 2. The molecule has 1 aromatic rings. The SMILES string of the molecule is CC(C)(C)OC(=O)c1ccc(C[O])cc1. The normalized spacial score (nSPS) is 11.2. The van der Waals surface area contributed by atoms with Crippen molar-refractivity contribution in [1.82, 2.24) is 0 Å². The molecule has 0 unspecified atom stereocenters. The Hall–Kier alpha value is -1.35. The van der Waals surface area contributed by atoms with Gasteiger partial charge in [0.1, 0.15) is 12.2 Å². The molecule has 0 aliphatic heterocycles. The lowest BCUT2D eigenvalue weighted by atomic mass is 10.1. The van der Waals surface area contributed by atoms with Crippen molar-refractivity contribution >= 4 is 5.97 Å². The van der Waals surface area contributed by atoms with E-state index < -0.39 is 5.60 Å². The maximum Gasteiger partial charge on any atom is 0.338 e. The van der Waals surface area contributed by atoms with Crippen molar-refractivity contribution in [2.24, 2.45) is 0 Å². The molecular formula is C12H15O3. The number of carbonyl (C=O) groups excluding carboxylic acids is 1. The zero-order valence-electron chi connectivity index (χ0n) is 9.24. The number of carbonyl (C=O) groups is 1. The summed E-state index contributed by atoms with van der Waals surface area (Å²) >= 11 is 0. The summed E-state index contributed by atoms with van der Waals surface area (Å²) in [4.78, 5) is 11.6. The maximum absolute atomic E-state index is 11.6. The largest absolute Gasteiger partial charge is 0.456 e. The highest BCUT2D eigenvalue weighted by molar-refractivity contribution is 5.89. The topological polar surface area (TPSA) is 46.2 Å². The lowest BCUT2D eigenvalue weighted by Crippen LogP contribution is -2.23. The summed E-state index contributed by atoms with van der Waals surface area (Å²) in [7, 11) is 0. The lowest BCUT2D eigenvalue weighted by Gasteiger charge is -2.19. The molecule has 0 heterocycles. The molecule has 0 atom stereocenters. The van der Waals surface area contributed by atoms with Gasteiger partial charge < -0.3 is 4.74 Å². The van der Waals surface area contributed by atoms with Crippen LogP contribution in [0, 0.1) is 0 Å². The molecule has 0 amide bonds. The molecular weight excluding hydrogens is 192 g/mol. The summed E-state index contributed by atoms with van der Waals surface area (Å²) in [6.45, 7) is 5.18. The minimum absolute atomic E-state index is 0.269. The number of ether oxygens (including phenoxy) is 1. The first-order valence-electron chi connectivity index (χ1n) is 4.83. The van der Waals surface area contributed by atoms with Crippen LogP contribution in [-0.4, -0.2) is 11.6 Å². The fraction of sp³-hybridized carbons (Fsp3) is 0.417. The summed E-state index contributed by atoms with van der Waals surface area (Å²) < 4.78 is 5.18. The van der Waals surface area contributed by atoms with Gasteiger partial charge >= 0.3 is 5.97 Å². The molecule has 0 saturated heterocycles. The number of hydrogen-bond donors (Lipinski definition) is 0. The predicted molar refractivity (Wildman–Crippen MR) is 56.0 cm³/mol.